The van der Waals surface area contributed by atoms with E-state index in [0.717, 1.165) is 5.56 Å². The molecule has 2 unspecified atom stereocenters. The summed E-state index contributed by atoms with van der Waals surface area (Å²) in [6.07, 6.45) is -0.763. The maximum Gasteiger partial charge on any atom is 0.327 e. The van der Waals surface area contributed by atoms with Gasteiger partial charge in [-0.3, -0.25) is 4.79 Å². The number of carbonyl (C=O) groups is 1. The lowest BCUT2D eigenvalue weighted by atomic mass is 10.1. The third-order valence-electron chi connectivity index (χ3n) is 3.56. The molecular formula is C18H17N3O4. The first kappa shape index (κ1) is 16.8. The molecule has 0 aliphatic carbocycles. The SMILES string of the molecule is COc1ccc(OC2NNNC2C(=O)O)cc1C#Cc1ccccc1. The number of ether oxygens (including phenoxy) is 2. The Morgan fingerprint density at radius 2 is 1.92 bits per heavy atom. The van der Waals surface area contributed by atoms with Gasteiger partial charge in [0.1, 0.15) is 11.5 Å². The molecule has 1 aliphatic rings. The van der Waals surface area contributed by atoms with Crippen LogP contribution in [0.1, 0.15) is 11.1 Å². The van der Waals surface area contributed by atoms with E-state index in [4.69, 9.17) is 14.6 Å². The Hall–Kier alpha value is -3.05. The van der Waals surface area contributed by atoms with E-state index < -0.39 is 18.2 Å². The zero-order valence-corrected chi connectivity index (χ0v) is 13.4. The van der Waals surface area contributed by atoms with Crippen LogP contribution in [0.3, 0.4) is 0 Å². The summed E-state index contributed by atoms with van der Waals surface area (Å²) in [6, 6.07) is 13.8. The summed E-state index contributed by atoms with van der Waals surface area (Å²) >= 11 is 0. The Balaban J connectivity index is 1.83. The van der Waals surface area contributed by atoms with Crippen molar-refractivity contribution in [2.45, 2.75) is 12.3 Å². The quantitative estimate of drug-likeness (QED) is 0.614. The standard InChI is InChI=1S/C18H17N3O4/c1-24-15-10-9-14(25-17-16(18(22)23)19-21-20-17)11-13(15)8-7-12-5-3-2-4-6-12/h2-6,9-11,16-17,19-21H,1H3,(H,22,23). The molecule has 0 saturated carbocycles. The lowest BCUT2D eigenvalue weighted by Gasteiger charge is -2.17. The Bertz CT molecular complexity index is 814. The van der Waals surface area contributed by atoms with Gasteiger partial charge in [0.25, 0.3) is 0 Å². The van der Waals surface area contributed by atoms with E-state index in [9.17, 15) is 4.79 Å². The van der Waals surface area contributed by atoms with Crippen LogP contribution >= 0.6 is 0 Å². The van der Waals surface area contributed by atoms with Gasteiger partial charge >= 0.3 is 5.97 Å². The number of hydrogen-bond acceptors (Lipinski definition) is 6. The molecule has 1 heterocycles. The van der Waals surface area contributed by atoms with E-state index in [1.54, 1.807) is 25.3 Å². The van der Waals surface area contributed by atoms with Crippen LogP contribution in [0.2, 0.25) is 0 Å². The van der Waals surface area contributed by atoms with Crippen LogP contribution in [0.25, 0.3) is 0 Å². The van der Waals surface area contributed by atoms with Gasteiger partial charge in [0.15, 0.2) is 12.3 Å². The number of aliphatic carboxylic acids is 1. The minimum absolute atomic E-state index is 0.479. The number of benzene rings is 2. The first-order valence-corrected chi connectivity index (χ1v) is 7.58. The van der Waals surface area contributed by atoms with Crippen LogP contribution in [0.5, 0.6) is 11.5 Å². The molecule has 2 aromatic rings. The average Bonchev–Trinajstić information content (AvgIpc) is 3.09. The maximum absolute atomic E-state index is 11.2. The van der Waals surface area contributed by atoms with Gasteiger partial charge in [0.05, 0.1) is 12.7 Å². The predicted octanol–water partition coefficient (Wildman–Crippen LogP) is 0.866. The van der Waals surface area contributed by atoms with Gasteiger partial charge in [-0.15, -0.1) is 0 Å². The number of carboxylic acid groups (broad SMARTS) is 1. The lowest BCUT2D eigenvalue weighted by molar-refractivity contribution is -0.141. The fourth-order valence-electron chi connectivity index (χ4n) is 2.30. The van der Waals surface area contributed by atoms with E-state index in [1.807, 2.05) is 30.3 Å². The largest absolute Gasteiger partial charge is 0.495 e. The molecule has 0 radical (unpaired) electrons. The number of nitrogens with one attached hydrogen (secondary N) is 3. The Morgan fingerprint density at radius 3 is 2.64 bits per heavy atom. The zero-order valence-electron chi connectivity index (χ0n) is 13.4. The molecule has 0 spiro atoms. The van der Waals surface area contributed by atoms with Crippen LogP contribution in [0.4, 0.5) is 0 Å². The average molecular weight is 339 g/mol. The summed E-state index contributed by atoms with van der Waals surface area (Å²) in [5.41, 5.74) is 9.36. The Labute approximate surface area is 144 Å². The normalized spacial score (nSPS) is 18.9. The van der Waals surface area contributed by atoms with Crippen molar-refractivity contribution in [3.8, 4) is 23.3 Å². The molecule has 7 heteroatoms. The van der Waals surface area contributed by atoms with E-state index >= 15 is 0 Å². The van der Waals surface area contributed by atoms with Gasteiger partial charge in [-0.2, -0.15) is 5.53 Å². The zero-order chi connectivity index (χ0) is 17.6. The minimum atomic E-state index is -1.03. The topological polar surface area (TPSA) is 91.9 Å². The monoisotopic (exact) mass is 339 g/mol. The third-order valence-corrected chi connectivity index (χ3v) is 3.56. The summed E-state index contributed by atoms with van der Waals surface area (Å²) < 4.78 is 11.0. The molecule has 7 nitrogen and oxygen atoms in total. The maximum atomic E-state index is 11.2. The third kappa shape index (κ3) is 4.08. The molecule has 1 aliphatic heterocycles. The molecule has 4 N–H and O–H groups in total. The van der Waals surface area contributed by atoms with E-state index in [0.29, 0.717) is 17.1 Å². The van der Waals surface area contributed by atoms with Crippen LogP contribution in [0, 0.1) is 11.8 Å². The van der Waals surface area contributed by atoms with Crippen molar-refractivity contribution in [2.75, 3.05) is 7.11 Å². The van der Waals surface area contributed by atoms with Crippen molar-refractivity contribution in [2.24, 2.45) is 0 Å². The molecule has 2 atom stereocenters. The van der Waals surface area contributed by atoms with Gasteiger partial charge in [-0.05, 0) is 30.3 Å². The molecule has 3 rings (SSSR count). The predicted molar refractivity (Wildman–Crippen MR) is 90.7 cm³/mol. The molecule has 1 saturated heterocycles. The summed E-state index contributed by atoms with van der Waals surface area (Å²) in [7, 11) is 1.57. The van der Waals surface area contributed by atoms with Gasteiger partial charge < -0.3 is 14.6 Å². The van der Waals surface area contributed by atoms with Gasteiger partial charge in [0.2, 0.25) is 0 Å². The minimum Gasteiger partial charge on any atom is -0.495 e. The summed E-state index contributed by atoms with van der Waals surface area (Å²) in [5, 5.41) is 9.14. The van der Waals surface area contributed by atoms with E-state index in [-0.39, 0.29) is 0 Å². The highest BCUT2D eigenvalue weighted by atomic mass is 16.5. The first-order chi connectivity index (χ1) is 12.2. The molecule has 0 amide bonds. The lowest BCUT2D eigenvalue weighted by Crippen LogP contribution is -2.44. The number of rotatable bonds is 4. The van der Waals surface area contributed by atoms with Crippen molar-refractivity contribution in [3.63, 3.8) is 0 Å². The molecule has 128 valence electrons. The molecule has 2 aromatic carbocycles. The van der Waals surface area contributed by atoms with Crippen molar-refractivity contribution < 1.29 is 19.4 Å². The number of methoxy groups -OCH3 is 1. The van der Waals surface area contributed by atoms with E-state index in [2.05, 4.69) is 28.2 Å². The summed E-state index contributed by atoms with van der Waals surface area (Å²) in [5.74, 6) is 6.18. The fourth-order valence-corrected chi connectivity index (χ4v) is 2.30. The summed E-state index contributed by atoms with van der Waals surface area (Å²) in [6.45, 7) is 0. The van der Waals surface area contributed by atoms with Crippen molar-refractivity contribution >= 4 is 5.97 Å². The second kappa shape index (κ2) is 7.68. The highest BCUT2D eigenvalue weighted by Crippen LogP contribution is 2.24. The number of carboxylic acids is 1. The van der Waals surface area contributed by atoms with Crippen LogP contribution in [-0.2, 0) is 4.79 Å². The van der Waals surface area contributed by atoms with Crippen LogP contribution in [0.15, 0.2) is 48.5 Å². The highest BCUT2D eigenvalue weighted by molar-refractivity contribution is 5.74. The number of hydrazine groups is 2. The Kier molecular flexibility index (Phi) is 5.16. The molecular weight excluding hydrogens is 322 g/mol. The van der Waals surface area contributed by atoms with Crippen LogP contribution < -0.4 is 25.9 Å². The van der Waals surface area contributed by atoms with Gasteiger partial charge in [-0.25, -0.2) is 10.9 Å². The second-order valence-electron chi connectivity index (χ2n) is 5.25. The van der Waals surface area contributed by atoms with Crippen LogP contribution in [-0.4, -0.2) is 30.5 Å². The fraction of sp³-hybridized carbons (Fsp3) is 0.167. The Morgan fingerprint density at radius 1 is 1.12 bits per heavy atom. The molecule has 1 fully saturated rings. The smallest absolute Gasteiger partial charge is 0.327 e. The van der Waals surface area contributed by atoms with Gasteiger partial charge in [-0.1, -0.05) is 30.0 Å². The van der Waals surface area contributed by atoms with E-state index in [1.165, 1.54) is 0 Å². The highest BCUT2D eigenvalue weighted by Gasteiger charge is 2.34. The number of hydrogen-bond donors (Lipinski definition) is 4. The second-order valence-corrected chi connectivity index (χ2v) is 5.25. The molecule has 25 heavy (non-hydrogen) atoms. The molecule has 0 aromatic heterocycles. The first-order valence-electron chi connectivity index (χ1n) is 7.58. The summed E-state index contributed by atoms with van der Waals surface area (Å²) in [4.78, 5) is 11.2. The molecule has 0 bridgehead atoms. The van der Waals surface area contributed by atoms with Crippen molar-refractivity contribution in [1.82, 2.24) is 16.4 Å². The van der Waals surface area contributed by atoms with Crippen molar-refractivity contribution in [3.05, 3.63) is 59.7 Å². The van der Waals surface area contributed by atoms with Gasteiger partial charge in [0, 0.05) is 5.56 Å². The van der Waals surface area contributed by atoms with Crippen molar-refractivity contribution in [1.29, 1.82) is 0 Å².